The van der Waals surface area contributed by atoms with Crippen LogP contribution < -0.4 is 5.63 Å². The molecule has 0 aliphatic rings. The molecule has 8 heteroatoms. The molecule has 7 nitrogen and oxygen atoms in total. The van der Waals surface area contributed by atoms with Crippen LogP contribution in [0.5, 0.6) is 5.75 Å². The van der Waals surface area contributed by atoms with E-state index in [-0.39, 0.29) is 27.9 Å². The van der Waals surface area contributed by atoms with Crippen LogP contribution in [0.3, 0.4) is 0 Å². The van der Waals surface area contributed by atoms with E-state index in [0.29, 0.717) is 0 Å². The molecule has 0 saturated heterocycles. The standard InChI is InChI=1S/C18H10N2O5S/c21-17-13-7-12(20(23)24)2-4-15(13)25-18(22)16(17)14-3-1-10(8-19-14)11-5-6-26-9-11/h1-9,21H. The largest absolute Gasteiger partial charge is 0.506 e. The third-order valence-electron chi connectivity index (χ3n) is 3.95. The van der Waals surface area contributed by atoms with Crippen LogP contribution in [0, 0.1) is 10.1 Å². The molecule has 0 unspecified atom stereocenters. The monoisotopic (exact) mass is 366 g/mol. The van der Waals surface area contributed by atoms with Gasteiger partial charge in [0.15, 0.2) is 0 Å². The fraction of sp³-hybridized carbons (Fsp3) is 0. The van der Waals surface area contributed by atoms with Crippen molar-refractivity contribution in [1.29, 1.82) is 0 Å². The normalized spacial score (nSPS) is 10.9. The first-order valence-corrected chi connectivity index (χ1v) is 8.42. The van der Waals surface area contributed by atoms with Gasteiger partial charge in [-0.25, -0.2) is 4.79 Å². The van der Waals surface area contributed by atoms with E-state index in [1.807, 2.05) is 16.8 Å². The number of nitro benzene ring substituents is 1. The number of thiophene rings is 1. The van der Waals surface area contributed by atoms with E-state index in [4.69, 9.17) is 4.42 Å². The van der Waals surface area contributed by atoms with Gasteiger partial charge < -0.3 is 9.52 Å². The lowest BCUT2D eigenvalue weighted by Gasteiger charge is -2.06. The molecule has 1 N–H and O–H groups in total. The molecule has 0 radical (unpaired) electrons. The number of nitrogens with zero attached hydrogens (tertiary/aromatic N) is 2. The fourth-order valence-electron chi connectivity index (χ4n) is 2.65. The average molecular weight is 366 g/mol. The lowest BCUT2D eigenvalue weighted by molar-refractivity contribution is -0.384. The third-order valence-corrected chi connectivity index (χ3v) is 4.63. The van der Waals surface area contributed by atoms with Crippen LogP contribution in [0.1, 0.15) is 0 Å². The summed E-state index contributed by atoms with van der Waals surface area (Å²) in [7, 11) is 0. The minimum atomic E-state index is -0.764. The predicted octanol–water partition coefficient (Wildman–Crippen LogP) is 4.20. The summed E-state index contributed by atoms with van der Waals surface area (Å²) in [6, 6.07) is 8.98. The Morgan fingerprint density at radius 3 is 2.65 bits per heavy atom. The number of hydrogen-bond acceptors (Lipinski definition) is 7. The van der Waals surface area contributed by atoms with Crippen LogP contribution >= 0.6 is 11.3 Å². The summed E-state index contributed by atoms with van der Waals surface area (Å²) in [4.78, 5) is 26.9. The van der Waals surface area contributed by atoms with Crippen LogP contribution in [0.25, 0.3) is 33.4 Å². The number of pyridine rings is 1. The van der Waals surface area contributed by atoms with Crippen molar-refractivity contribution in [2.75, 3.05) is 0 Å². The van der Waals surface area contributed by atoms with Crippen molar-refractivity contribution in [3.05, 3.63) is 73.9 Å². The summed E-state index contributed by atoms with van der Waals surface area (Å²) in [5.74, 6) is -0.393. The Hall–Kier alpha value is -3.52. The van der Waals surface area contributed by atoms with E-state index in [1.165, 1.54) is 12.1 Å². The van der Waals surface area contributed by atoms with Gasteiger partial charge in [0.1, 0.15) is 16.9 Å². The van der Waals surface area contributed by atoms with Gasteiger partial charge in [0.25, 0.3) is 5.69 Å². The van der Waals surface area contributed by atoms with Crippen molar-refractivity contribution in [2.24, 2.45) is 0 Å². The highest BCUT2D eigenvalue weighted by Crippen LogP contribution is 2.34. The maximum absolute atomic E-state index is 12.3. The second-order valence-corrected chi connectivity index (χ2v) is 6.27. The number of aromatic hydroxyl groups is 1. The van der Waals surface area contributed by atoms with Gasteiger partial charge in [-0.05, 0) is 34.5 Å². The molecule has 4 aromatic rings. The Kier molecular flexibility index (Phi) is 3.74. The van der Waals surface area contributed by atoms with E-state index in [1.54, 1.807) is 29.7 Å². The Morgan fingerprint density at radius 1 is 1.15 bits per heavy atom. The number of hydrogen-bond donors (Lipinski definition) is 1. The zero-order valence-corrected chi connectivity index (χ0v) is 13.9. The van der Waals surface area contributed by atoms with Crippen molar-refractivity contribution >= 4 is 28.0 Å². The first kappa shape index (κ1) is 16.0. The number of fused-ring (bicyclic) bond motifs is 1. The van der Waals surface area contributed by atoms with E-state index in [9.17, 15) is 20.0 Å². The molecule has 128 valence electrons. The Morgan fingerprint density at radius 2 is 2.00 bits per heavy atom. The Bertz CT molecular complexity index is 1180. The third kappa shape index (κ3) is 2.62. The summed E-state index contributed by atoms with van der Waals surface area (Å²) in [6.07, 6.45) is 1.59. The fourth-order valence-corrected chi connectivity index (χ4v) is 3.32. The molecule has 0 aliphatic carbocycles. The summed E-state index contributed by atoms with van der Waals surface area (Å²) < 4.78 is 5.19. The Balaban J connectivity index is 1.88. The van der Waals surface area contributed by atoms with Crippen LogP contribution in [0.15, 0.2) is 62.6 Å². The smallest absolute Gasteiger partial charge is 0.349 e. The molecular formula is C18H10N2O5S. The second kappa shape index (κ2) is 6.08. The lowest BCUT2D eigenvalue weighted by atomic mass is 10.1. The molecule has 0 bridgehead atoms. The van der Waals surface area contributed by atoms with Crippen molar-refractivity contribution in [2.45, 2.75) is 0 Å². The Labute approximate surface area is 150 Å². The number of nitro groups is 1. The van der Waals surface area contributed by atoms with Gasteiger partial charge in [-0.2, -0.15) is 11.3 Å². The molecule has 26 heavy (non-hydrogen) atoms. The zero-order valence-electron chi connectivity index (χ0n) is 13.1. The number of non-ortho nitro benzene ring substituents is 1. The highest BCUT2D eigenvalue weighted by molar-refractivity contribution is 7.08. The quantitative estimate of drug-likeness (QED) is 0.331. The van der Waals surface area contributed by atoms with Crippen molar-refractivity contribution in [1.82, 2.24) is 4.98 Å². The minimum absolute atomic E-state index is 0.0664. The van der Waals surface area contributed by atoms with Gasteiger partial charge >= 0.3 is 5.63 Å². The van der Waals surface area contributed by atoms with Gasteiger partial charge in [0.05, 0.1) is 16.0 Å². The highest BCUT2D eigenvalue weighted by Gasteiger charge is 2.19. The first-order chi connectivity index (χ1) is 12.5. The van der Waals surface area contributed by atoms with Gasteiger partial charge in [0, 0.05) is 23.9 Å². The molecule has 0 saturated carbocycles. The molecule has 0 spiro atoms. The minimum Gasteiger partial charge on any atom is -0.506 e. The van der Waals surface area contributed by atoms with E-state index < -0.39 is 16.3 Å². The highest BCUT2D eigenvalue weighted by atomic mass is 32.1. The van der Waals surface area contributed by atoms with Gasteiger partial charge in [-0.15, -0.1) is 0 Å². The van der Waals surface area contributed by atoms with E-state index in [0.717, 1.165) is 17.2 Å². The molecule has 0 amide bonds. The van der Waals surface area contributed by atoms with Crippen LogP contribution in [0.4, 0.5) is 5.69 Å². The summed E-state index contributed by atoms with van der Waals surface area (Å²) >= 11 is 1.56. The van der Waals surface area contributed by atoms with E-state index >= 15 is 0 Å². The topological polar surface area (TPSA) is 106 Å². The second-order valence-electron chi connectivity index (χ2n) is 5.49. The molecule has 4 rings (SSSR count). The molecule has 0 atom stereocenters. The first-order valence-electron chi connectivity index (χ1n) is 7.48. The van der Waals surface area contributed by atoms with Gasteiger partial charge in [-0.1, -0.05) is 6.07 Å². The van der Waals surface area contributed by atoms with Crippen LogP contribution in [0.2, 0.25) is 0 Å². The van der Waals surface area contributed by atoms with Gasteiger partial charge in [-0.3, -0.25) is 15.1 Å². The van der Waals surface area contributed by atoms with Crippen molar-refractivity contribution < 1.29 is 14.4 Å². The average Bonchev–Trinajstić information content (AvgIpc) is 3.16. The van der Waals surface area contributed by atoms with Gasteiger partial charge in [0.2, 0.25) is 0 Å². The summed E-state index contributed by atoms with van der Waals surface area (Å²) in [5.41, 5.74) is 1.05. The molecule has 3 aromatic heterocycles. The van der Waals surface area contributed by atoms with E-state index in [2.05, 4.69) is 4.98 Å². The molecule has 1 aromatic carbocycles. The number of rotatable bonds is 3. The van der Waals surface area contributed by atoms with Crippen LogP contribution in [-0.2, 0) is 0 Å². The summed E-state index contributed by atoms with van der Waals surface area (Å²) in [6.45, 7) is 0. The lowest BCUT2D eigenvalue weighted by Crippen LogP contribution is -2.05. The predicted molar refractivity (Wildman–Crippen MR) is 97.3 cm³/mol. The van der Waals surface area contributed by atoms with Crippen molar-refractivity contribution in [3.63, 3.8) is 0 Å². The van der Waals surface area contributed by atoms with Crippen molar-refractivity contribution in [3.8, 4) is 28.1 Å². The molecular weight excluding hydrogens is 356 g/mol. The SMILES string of the molecule is O=c1oc2ccc([N+](=O)[O-])cc2c(O)c1-c1ccc(-c2ccsc2)cn1. The molecule has 0 fully saturated rings. The number of benzene rings is 1. The summed E-state index contributed by atoms with van der Waals surface area (Å²) in [5, 5.41) is 25.5. The number of aromatic nitrogens is 1. The maximum atomic E-state index is 12.3. The zero-order chi connectivity index (χ0) is 18.3. The molecule has 0 aliphatic heterocycles. The van der Waals surface area contributed by atoms with Crippen LogP contribution in [-0.4, -0.2) is 15.0 Å². The maximum Gasteiger partial charge on any atom is 0.349 e. The molecule has 3 heterocycles.